The molecule has 1 amide bonds. The normalized spacial score (nSPS) is 18.1. The standard InChI is InChI=1S/C15H19N3O2/c19-14(10-15(20)8-4-1-5-9-15)17-18-11-16-12-6-2-3-7-13(12)18/h2-3,6-7,11,20H,1,4-5,8-10H2,(H,17,19). The lowest BCUT2D eigenvalue weighted by atomic mass is 9.82. The van der Waals surface area contributed by atoms with Gasteiger partial charge in [0.2, 0.25) is 5.91 Å². The van der Waals surface area contributed by atoms with Crippen LogP contribution < -0.4 is 5.43 Å². The molecular weight excluding hydrogens is 254 g/mol. The molecule has 3 rings (SSSR count). The van der Waals surface area contributed by atoms with E-state index in [9.17, 15) is 9.90 Å². The number of nitrogens with zero attached hydrogens (tertiary/aromatic N) is 2. The van der Waals surface area contributed by atoms with E-state index in [0.29, 0.717) is 12.8 Å². The molecule has 0 radical (unpaired) electrons. The number of imidazole rings is 1. The Morgan fingerprint density at radius 3 is 2.85 bits per heavy atom. The Morgan fingerprint density at radius 1 is 1.30 bits per heavy atom. The molecule has 0 bridgehead atoms. The van der Waals surface area contributed by atoms with E-state index in [1.807, 2.05) is 24.3 Å². The zero-order valence-corrected chi connectivity index (χ0v) is 11.4. The number of carbonyl (C=O) groups is 1. The summed E-state index contributed by atoms with van der Waals surface area (Å²) in [6.07, 6.45) is 6.31. The number of aliphatic hydroxyl groups is 1. The molecule has 5 nitrogen and oxygen atoms in total. The van der Waals surface area contributed by atoms with Gasteiger partial charge in [0.05, 0.1) is 23.1 Å². The van der Waals surface area contributed by atoms with Gasteiger partial charge < -0.3 is 5.11 Å². The molecule has 1 aliphatic carbocycles. The molecule has 0 spiro atoms. The van der Waals surface area contributed by atoms with Crippen LogP contribution in [-0.2, 0) is 4.79 Å². The van der Waals surface area contributed by atoms with Crippen LogP contribution in [0, 0.1) is 0 Å². The number of carbonyl (C=O) groups excluding carboxylic acids is 1. The van der Waals surface area contributed by atoms with Crippen molar-refractivity contribution >= 4 is 16.9 Å². The Hall–Kier alpha value is -1.88. The molecule has 1 fully saturated rings. The van der Waals surface area contributed by atoms with E-state index in [1.54, 1.807) is 11.0 Å². The van der Waals surface area contributed by atoms with Crippen molar-refractivity contribution in [3.05, 3.63) is 30.6 Å². The maximum Gasteiger partial charge on any atom is 0.241 e. The molecule has 2 N–H and O–H groups in total. The maximum absolute atomic E-state index is 12.1. The zero-order chi connectivity index (χ0) is 14.0. The lowest BCUT2D eigenvalue weighted by Crippen LogP contribution is -2.37. The Balaban J connectivity index is 1.69. The van der Waals surface area contributed by atoms with Gasteiger partial charge in [0.15, 0.2) is 0 Å². The predicted molar refractivity (Wildman–Crippen MR) is 76.8 cm³/mol. The number of amides is 1. The van der Waals surface area contributed by atoms with Crippen molar-refractivity contribution in [2.24, 2.45) is 0 Å². The minimum absolute atomic E-state index is 0.152. The first-order valence-corrected chi connectivity index (χ1v) is 7.11. The van der Waals surface area contributed by atoms with Gasteiger partial charge in [-0.2, -0.15) is 0 Å². The van der Waals surface area contributed by atoms with E-state index < -0.39 is 5.60 Å². The van der Waals surface area contributed by atoms with Gasteiger partial charge in [0.25, 0.3) is 0 Å². The lowest BCUT2D eigenvalue weighted by molar-refractivity contribution is -0.123. The average Bonchev–Trinajstić information content (AvgIpc) is 2.82. The molecule has 0 unspecified atom stereocenters. The van der Waals surface area contributed by atoms with E-state index in [1.165, 1.54) is 0 Å². The molecule has 1 saturated carbocycles. The van der Waals surface area contributed by atoms with Crippen LogP contribution in [0.15, 0.2) is 30.6 Å². The molecule has 20 heavy (non-hydrogen) atoms. The Labute approximate surface area is 117 Å². The van der Waals surface area contributed by atoms with Gasteiger partial charge in [0.1, 0.15) is 6.33 Å². The van der Waals surface area contributed by atoms with E-state index in [4.69, 9.17) is 0 Å². The summed E-state index contributed by atoms with van der Waals surface area (Å²) in [5.74, 6) is -0.169. The SMILES string of the molecule is O=C(CC1(O)CCCCC1)Nn1cnc2ccccc21. The largest absolute Gasteiger partial charge is 0.389 e. The highest BCUT2D eigenvalue weighted by Gasteiger charge is 2.31. The number of para-hydroxylation sites is 2. The fourth-order valence-corrected chi connectivity index (χ4v) is 2.91. The van der Waals surface area contributed by atoms with Crippen LogP contribution in [0.3, 0.4) is 0 Å². The summed E-state index contributed by atoms with van der Waals surface area (Å²) in [5, 5.41) is 10.4. The molecule has 0 atom stereocenters. The van der Waals surface area contributed by atoms with Gasteiger partial charge in [-0.3, -0.25) is 10.2 Å². The van der Waals surface area contributed by atoms with Crippen molar-refractivity contribution in [3.8, 4) is 0 Å². The van der Waals surface area contributed by atoms with Gasteiger partial charge in [-0.1, -0.05) is 31.4 Å². The highest BCUT2D eigenvalue weighted by molar-refractivity contribution is 5.87. The minimum Gasteiger partial charge on any atom is -0.389 e. The molecule has 1 aromatic carbocycles. The smallest absolute Gasteiger partial charge is 0.241 e. The molecule has 5 heteroatoms. The van der Waals surface area contributed by atoms with E-state index >= 15 is 0 Å². The van der Waals surface area contributed by atoms with Gasteiger partial charge in [-0.15, -0.1) is 0 Å². The summed E-state index contributed by atoms with van der Waals surface area (Å²) in [6, 6.07) is 7.61. The zero-order valence-electron chi connectivity index (χ0n) is 11.4. The van der Waals surface area contributed by atoms with Crippen LogP contribution >= 0.6 is 0 Å². The maximum atomic E-state index is 12.1. The third kappa shape index (κ3) is 2.67. The highest BCUT2D eigenvalue weighted by Crippen LogP contribution is 2.30. The molecule has 2 aromatic rings. The summed E-state index contributed by atoms with van der Waals surface area (Å²) < 4.78 is 1.61. The molecule has 106 valence electrons. The number of fused-ring (bicyclic) bond motifs is 1. The number of nitrogens with one attached hydrogen (secondary N) is 1. The molecule has 0 saturated heterocycles. The number of benzene rings is 1. The topological polar surface area (TPSA) is 67.2 Å². The Kier molecular flexibility index (Phi) is 3.44. The van der Waals surface area contributed by atoms with Crippen molar-refractivity contribution in [1.29, 1.82) is 0 Å². The van der Waals surface area contributed by atoms with E-state index in [-0.39, 0.29) is 12.3 Å². The first-order valence-electron chi connectivity index (χ1n) is 7.11. The van der Waals surface area contributed by atoms with Crippen molar-refractivity contribution < 1.29 is 9.90 Å². The number of aromatic nitrogens is 2. The molecule has 0 aliphatic heterocycles. The van der Waals surface area contributed by atoms with Gasteiger partial charge in [-0.25, -0.2) is 9.66 Å². The number of rotatable bonds is 3. The monoisotopic (exact) mass is 273 g/mol. The van der Waals surface area contributed by atoms with Crippen molar-refractivity contribution in [1.82, 2.24) is 9.66 Å². The molecule has 1 aliphatic rings. The van der Waals surface area contributed by atoms with E-state index in [2.05, 4.69) is 10.4 Å². The van der Waals surface area contributed by atoms with Crippen LogP contribution in [0.25, 0.3) is 11.0 Å². The van der Waals surface area contributed by atoms with Crippen LogP contribution in [0.5, 0.6) is 0 Å². The van der Waals surface area contributed by atoms with Gasteiger partial charge >= 0.3 is 0 Å². The Morgan fingerprint density at radius 2 is 2.05 bits per heavy atom. The summed E-state index contributed by atoms with van der Waals surface area (Å²) in [4.78, 5) is 16.3. The predicted octanol–water partition coefficient (Wildman–Crippen LogP) is 2.19. The third-order valence-corrected chi connectivity index (χ3v) is 3.97. The van der Waals surface area contributed by atoms with Gasteiger partial charge in [-0.05, 0) is 25.0 Å². The van der Waals surface area contributed by atoms with Gasteiger partial charge in [0, 0.05) is 0 Å². The van der Waals surface area contributed by atoms with Crippen molar-refractivity contribution in [3.63, 3.8) is 0 Å². The average molecular weight is 273 g/mol. The fraction of sp³-hybridized carbons (Fsp3) is 0.467. The quantitative estimate of drug-likeness (QED) is 0.900. The van der Waals surface area contributed by atoms with Crippen LogP contribution in [0.4, 0.5) is 0 Å². The summed E-state index contributed by atoms with van der Waals surface area (Å²) in [6.45, 7) is 0. The van der Waals surface area contributed by atoms with E-state index in [0.717, 1.165) is 30.3 Å². The fourth-order valence-electron chi connectivity index (χ4n) is 2.91. The first-order chi connectivity index (χ1) is 9.66. The summed E-state index contributed by atoms with van der Waals surface area (Å²) in [5.41, 5.74) is 3.65. The number of hydrogen-bond acceptors (Lipinski definition) is 3. The van der Waals surface area contributed by atoms with Crippen LogP contribution in [0.1, 0.15) is 38.5 Å². The molecular formula is C15H19N3O2. The second kappa shape index (κ2) is 5.25. The summed E-state index contributed by atoms with van der Waals surface area (Å²) in [7, 11) is 0. The molecule has 1 heterocycles. The first kappa shape index (κ1) is 13.1. The summed E-state index contributed by atoms with van der Waals surface area (Å²) >= 11 is 0. The minimum atomic E-state index is -0.835. The highest BCUT2D eigenvalue weighted by atomic mass is 16.3. The number of hydrogen-bond donors (Lipinski definition) is 2. The van der Waals surface area contributed by atoms with Crippen molar-refractivity contribution in [2.75, 3.05) is 5.43 Å². The third-order valence-electron chi connectivity index (χ3n) is 3.97. The molecule has 1 aromatic heterocycles. The lowest BCUT2D eigenvalue weighted by Gasteiger charge is -2.31. The van der Waals surface area contributed by atoms with Crippen LogP contribution in [0.2, 0.25) is 0 Å². The second-order valence-corrected chi connectivity index (χ2v) is 5.60. The van der Waals surface area contributed by atoms with Crippen molar-refractivity contribution in [2.45, 2.75) is 44.1 Å². The Bertz CT molecular complexity index is 614. The second-order valence-electron chi connectivity index (χ2n) is 5.60. The van der Waals surface area contributed by atoms with Crippen LogP contribution in [-0.4, -0.2) is 26.3 Å².